The number of rotatable bonds is 6. The summed E-state index contributed by atoms with van der Waals surface area (Å²) in [6.45, 7) is 5.22. The van der Waals surface area contributed by atoms with E-state index < -0.39 is 5.97 Å². The lowest BCUT2D eigenvalue weighted by molar-refractivity contribution is -0.119. The lowest BCUT2D eigenvalue weighted by Gasteiger charge is -2.38. The van der Waals surface area contributed by atoms with Gasteiger partial charge < -0.3 is 19.4 Å². The molecule has 0 bridgehead atoms. The van der Waals surface area contributed by atoms with E-state index in [2.05, 4.69) is 14.9 Å². The molecule has 0 spiro atoms. The number of amides is 1. The zero-order valence-corrected chi connectivity index (χ0v) is 16.7. The summed E-state index contributed by atoms with van der Waals surface area (Å²) in [5.41, 5.74) is -0.0196. The molecular weight excluding hydrogens is 366 g/mol. The van der Waals surface area contributed by atoms with E-state index in [1.54, 1.807) is 0 Å². The lowest BCUT2D eigenvalue weighted by atomic mass is 9.86. The van der Waals surface area contributed by atoms with E-state index in [9.17, 15) is 9.59 Å². The van der Waals surface area contributed by atoms with Gasteiger partial charge in [0.1, 0.15) is 0 Å². The van der Waals surface area contributed by atoms with Crippen LogP contribution >= 0.6 is 11.3 Å². The molecule has 1 N–H and O–H groups in total. The van der Waals surface area contributed by atoms with Crippen molar-refractivity contribution < 1.29 is 19.1 Å². The monoisotopic (exact) mass is 391 g/mol. The average molecular weight is 391 g/mol. The number of aromatic nitrogens is 2. The van der Waals surface area contributed by atoms with Gasteiger partial charge in [-0.2, -0.15) is 0 Å². The minimum atomic E-state index is -0.483. The number of thiazole rings is 1. The van der Waals surface area contributed by atoms with Crippen molar-refractivity contribution in [2.45, 2.75) is 44.6 Å². The van der Waals surface area contributed by atoms with Gasteiger partial charge >= 0.3 is 5.97 Å². The highest BCUT2D eigenvalue weighted by atomic mass is 32.1. The summed E-state index contributed by atoms with van der Waals surface area (Å²) >= 11 is 1.32. The molecular formula is C19H25N3O4S. The number of hydrogen-bond acceptors (Lipinski definition) is 6. The topological polar surface area (TPSA) is 82.5 Å². The zero-order chi connectivity index (χ0) is 19.4. The fourth-order valence-electron chi connectivity index (χ4n) is 3.41. The zero-order valence-electron chi connectivity index (χ0n) is 15.9. The van der Waals surface area contributed by atoms with Gasteiger partial charge in [0.05, 0.1) is 19.1 Å². The highest BCUT2D eigenvalue weighted by Crippen LogP contribution is 2.34. The molecule has 2 aromatic heterocycles. The van der Waals surface area contributed by atoms with Crippen molar-refractivity contribution in [3.63, 3.8) is 0 Å². The quantitative estimate of drug-likeness (QED) is 0.763. The maximum atomic E-state index is 12.8. The van der Waals surface area contributed by atoms with Gasteiger partial charge in [0, 0.05) is 30.5 Å². The summed E-state index contributed by atoms with van der Waals surface area (Å²) in [4.78, 5) is 29.9. The van der Waals surface area contributed by atoms with E-state index in [4.69, 9.17) is 9.47 Å². The molecule has 3 rings (SSSR count). The predicted molar refractivity (Wildman–Crippen MR) is 103 cm³/mol. The third-order valence-electron chi connectivity index (χ3n) is 4.87. The number of carbonyl (C=O) groups excluding carboxylic acids is 2. The highest BCUT2D eigenvalue weighted by Gasteiger charge is 2.36. The molecule has 27 heavy (non-hydrogen) atoms. The van der Waals surface area contributed by atoms with E-state index in [0.717, 1.165) is 17.7 Å². The van der Waals surface area contributed by atoms with Gasteiger partial charge in [0.2, 0.25) is 5.91 Å². The minimum Gasteiger partial charge on any atom is -0.464 e. The molecule has 146 valence electrons. The standard InChI is InChI=1S/C19H25N3O4S/c1-13(2)16-15(17(24)25-3)21-18(27-16)20-14(23)12-19(6-10-26-11-7-19)22-8-4-5-9-22/h4-5,8-9,13H,6-7,10-12H2,1-3H3,(H,20,21,23). The number of hydrogen-bond donors (Lipinski definition) is 1. The van der Waals surface area contributed by atoms with Crippen molar-refractivity contribution in [2.75, 3.05) is 25.6 Å². The second-order valence-corrected chi connectivity index (χ2v) is 8.06. The Morgan fingerprint density at radius 3 is 2.59 bits per heavy atom. The summed E-state index contributed by atoms with van der Waals surface area (Å²) in [6, 6.07) is 3.93. The first-order valence-corrected chi connectivity index (χ1v) is 9.87. The van der Waals surface area contributed by atoms with E-state index >= 15 is 0 Å². The molecule has 0 radical (unpaired) electrons. The highest BCUT2D eigenvalue weighted by molar-refractivity contribution is 7.16. The molecule has 8 heteroatoms. The Morgan fingerprint density at radius 2 is 2.00 bits per heavy atom. The van der Waals surface area contributed by atoms with Crippen LogP contribution in [0.1, 0.15) is 54.4 Å². The molecule has 0 aromatic carbocycles. The summed E-state index contributed by atoms with van der Waals surface area (Å²) in [5, 5.41) is 3.31. The van der Waals surface area contributed by atoms with Gasteiger partial charge in [0.25, 0.3) is 0 Å². The first-order chi connectivity index (χ1) is 12.9. The fraction of sp³-hybridized carbons (Fsp3) is 0.526. The van der Waals surface area contributed by atoms with Gasteiger partial charge in [-0.05, 0) is 30.9 Å². The normalized spacial score (nSPS) is 16.3. The summed E-state index contributed by atoms with van der Waals surface area (Å²) < 4.78 is 12.4. The Labute approximate surface area is 162 Å². The molecule has 0 atom stereocenters. The second-order valence-electron chi connectivity index (χ2n) is 7.03. The Kier molecular flexibility index (Phi) is 5.96. The van der Waals surface area contributed by atoms with E-state index in [1.165, 1.54) is 18.4 Å². The molecule has 1 saturated heterocycles. The van der Waals surface area contributed by atoms with Crippen LogP contribution in [0.5, 0.6) is 0 Å². The number of nitrogens with one attached hydrogen (secondary N) is 1. The summed E-state index contributed by atoms with van der Waals surface area (Å²) in [7, 11) is 1.33. The van der Waals surface area contributed by atoms with Crippen molar-refractivity contribution in [3.05, 3.63) is 35.1 Å². The van der Waals surface area contributed by atoms with Crippen molar-refractivity contribution in [2.24, 2.45) is 0 Å². The maximum Gasteiger partial charge on any atom is 0.357 e. The van der Waals surface area contributed by atoms with Gasteiger partial charge in [-0.25, -0.2) is 9.78 Å². The minimum absolute atomic E-state index is 0.115. The van der Waals surface area contributed by atoms with Crippen LogP contribution in [0.25, 0.3) is 0 Å². The number of methoxy groups -OCH3 is 1. The van der Waals surface area contributed by atoms with Crippen LogP contribution in [-0.4, -0.2) is 41.8 Å². The van der Waals surface area contributed by atoms with Crippen LogP contribution in [0.4, 0.5) is 5.13 Å². The Balaban J connectivity index is 1.77. The molecule has 1 fully saturated rings. The third kappa shape index (κ3) is 4.22. The smallest absolute Gasteiger partial charge is 0.357 e. The van der Waals surface area contributed by atoms with Crippen molar-refractivity contribution in [1.82, 2.24) is 9.55 Å². The van der Waals surface area contributed by atoms with Crippen LogP contribution in [-0.2, 0) is 19.8 Å². The number of anilines is 1. The molecule has 0 aliphatic carbocycles. The molecule has 0 saturated carbocycles. The van der Waals surface area contributed by atoms with E-state index in [-0.39, 0.29) is 23.1 Å². The number of ether oxygens (including phenoxy) is 2. The van der Waals surface area contributed by atoms with Crippen LogP contribution in [0, 0.1) is 0 Å². The average Bonchev–Trinajstić information content (AvgIpc) is 3.32. The van der Waals surface area contributed by atoms with Gasteiger partial charge in [-0.15, -0.1) is 11.3 Å². The number of esters is 1. The first-order valence-electron chi connectivity index (χ1n) is 9.05. The number of carbonyl (C=O) groups is 2. The number of nitrogens with zero attached hydrogens (tertiary/aromatic N) is 2. The van der Waals surface area contributed by atoms with Crippen LogP contribution in [0.3, 0.4) is 0 Å². The first kappa shape index (κ1) is 19.6. The molecule has 1 amide bonds. The van der Waals surface area contributed by atoms with Gasteiger partial charge in [0.15, 0.2) is 10.8 Å². The Bertz CT molecular complexity index is 792. The van der Waals surface area contributed by atoms with Crippen molar-refractivity contribution in [1.29, 1.82) is 0 Å². The fourth-order valence-corrected chi connectivity index (χ4v) is 4.38. The Hall–Kier alpha value is -2.19. The molecule has 2 aromatic rings. The van der Waals surface area contributed by atoms with Gasteiger partial charge in [-0.1, -0.05) is 13.8 Å². The van der Waals surface area contributed by atoms with Crippen LogP contribution < -0.4 is 5.32 Å². The summed E-state index contributed by atoms with van der Waals surface area (Å²) in [5.74, 6) is -0.487. The van der Waals surface area contributed by atoms with Crippen molar-refractivity contribution >= 4 is 28.3 Å². The van der Waals surface area contributed by atoms with Crippen LogP contribution in [0.2, 0.25) is 0 Å². The van der Waals surface area contributed by atoms with Crippen LogP contribution in [0.15, 0.2) is 24.5 Å². The van der Waals surface area contributed by atoms with E-state index in [1.807, 2.05) is 38.4 Å². The Morgan fingerprint density at radius 1 is 1.33 bits per heavy atom. The molecule has 3 heterocycles. The molecule has 1 aliphatic heterocycles. The molecule has 1 aliphatic rings. The van der Waals surface area contributed by atoms with E-state index in [0.29, 0.717) is 24.8 Å². The van der Waals surface area contributed by atoms with Gasteiger partial charge in [-0.3, -0.25) is 4.79 Å². The molecule has 7 nitrogen and oxygen atoms in total. The van der Waals surface area contributed by atoms with Crippen molar-refractivity contribution in [3.8, 4) is 0 Å². The predicted octanol–water partition coefficient (Wildman–Crippen LogP) is 3.39. The third-order valence-corrected chi connectivity index (χ3v) is 6.14. The largest absolute Gasteiger partial charge is 0.464 e. The maximum absolute atomic E-state index is 12.8. The lowest BCUT2D eigenvalue weighted by Crippen LogP contribution is -2.42. The second kappa shape index (κ2) is 8.22. The molecule has 0 unspecified atom stereocenters. The SMILES string of the molecule is COC(=O)c1nc(NC(=O)CC2(n3cccc3)CCOCC2)sc1C(C)C. The summed E-state index contributed by atoms with van der Waals surface area (Å²) in [6.07, 6.45) is 5.87.